The van der Waals surface area contributed by atoms with Crippen LogP contribution < -0.4 is 44.2 Å². The summed E-state index contributed by atoms with van der Waals surface area (Å²) < 4.78 is 0. The second-order valence-corrected chi connectivity index (χ2v) is 11.9. The van der Waals surface area contributed by atoms with E-state index in [-0.39, 0.29) is 38.2 Å². The molecule has 2 aromatic carbocycles. The molecular formula is C34H48N10O6. The number of nitrogens with one attached hydrogen (secondary N) is 5. The highest BCUT2D eigenvalue weighted by Crippen LogP contribution is 2.19. The van der Waals surface area contributed by atoms with Gasteiger partial charge in [-0.3, -0.25) is 24.2 Å². The maximum Gasteiger partial charge on any atom is 0.326 e. The van der Waals surface area contributed by atoms with E-state index in [9.17, 15) is 29.1 Å². The van der Waals surface area contributed by atoms with Crippen molar-refractivity contribution in [2.75, 3.05) is 19.6 Å². The normalized spacial score (nSPS) is 13.3. The monoisotopic (exact) mass is 692 g/mol. The minimum absolute atomic E-state index is 0.0300. The summed E-state index contributed by atoms with van der Waals surface area (Å²) in [4.78, 5) is 71.9. The summed E-state index contributed by atoms with van der Waals surface area (Å²) in [5.41, 5.74) is 24.9. The predicted octanol–water partition coefficient (Wildman–Crippen LogP) is -0.882. The second kappa shape index (κ2) is 20.1. The van der Waals surface area contributed by atoms with Gasteiger partial charge in [-0.05, 0) is 62.3 Å². The number of aromatic nitrogens is 1. The third-order valence-corrected chi connectivity index (χ3v) is 7.95. The predicted molar refractivity (Wildman–Crippen MR) is 189 cm³/mol. The third-order valence-electron chi connectivity index (χ3n) is 7.95. The molecule has 16 heteroatoms. The van der Waals surface area contributed by atoms with Crippen LogP contribution in [0.5, 0.6) is 0 Å². The lowest BCUT2D eigenvalue weighted by atomic mass is 10.0. The molecule has 0 bridgehead atoms. The van der Waals surface area contributed by atoms with Crippen LogP contribution in [0.15, 0.2) is 65.8 Å². The van der Waals surface area contributed by atoms with Gasteiger partial charge in [0.2, 0.25) is 23.6 Å². The zero-order valence-electron chi connectivity index (χ0n) is 27.9. The van der Waals surface area contributed by atoms with Crippen molar-refractivity contribution in [2.45, 2.75) is 69.1 Å². The number of aliphatic imine (C=N–C) groups is 1. The minimum atomic E-state index is -1.21. The van der Waals surface area contributed by atoms with Crippen molar-refractivity contribution in [2.24, 2.45) is 27.9 Å². The number of rotatable bonds is 21. The Morgan fingerprint density at radius 2 is 1.46 bits per heavy atom. The van der Waals surface area contributed by atoms with Gasteiger partial charge in [0.1, 0.15) is 18.1 Å². The largest absolute Gasteiger partial charge is 0.480 e. The summed E-state index contributed by atoms with van der Waals surface area (Å²) in [7, 11) is 0. The summed E-state index contributed by atoms with van der Waals surface area (Å²) in [6.45, 7) is 0.0456. The molecule has 1 heterocycles. The number of hydrogen-bond acceptors (Lipinski definition) is 8. The lowest BCUT2D eigenvalue weighted by Gasteiger charge is -2.24. The summed E-state index contributed by atoms with van der Waals surface area (Å²) in [6.07, 6.45) is 3.70. The molecule has 1 aromatic heterocycles. The van der Waals surface area contributed by atoms with Crippen molar-refractivity contribution < 1.29 is 29.1 Å². The Morgan fingerprint density at radius 1 is 0.780 bits per heavy atom. The quantitative estimate of drug-likeness (QED) is 0.0374. The molecule has 3 rings (SSSR count). The number of benzene rings is 2. The third kappa shape index (κ3) is 12.9. The number of aromatic amines is 1. The molecule has 0 aliphatic carbocycles. The summed E-state index contributed by atoms with van der Waals surface area (Å²) in [5.74, 6) is -3.96. The molecule has 0 saturated heterocycles. The summed E-state index contributed by atoms with van der Waals surface area (Å²) >= 11 is 0. The zero-order valence-corrected chi connectivity index (χ0v) is 27.9. The van der Waals surface area contributed by atoms with Crippen molar-refractivity contribution in [3.05, 3.63) is 71.9 Å². The highest BCUT2D eigenvalue weighted by Gasteiger charge is 2.29. The number of fused-ring (bicyclic) bond motifs is 1. The van der Waals surface area contributed by atoms with E-state index >= 15 is 0 Å². The number of carbonyl (C=O) groups excluding carboxylic acids is 4. The molecule has 4 amide bonds. The molecule has 0 fully saturated rings. The average Bonchev–Trinajstić information content (AvgIpc) is 3.50. The fourth-order valence-electron chi connectivity index (χ4n) is 5.30. The topological polar surface area (TPSA) is 286 Å². The fourth-order valence-corrected chi connectivity index (χ4v) is 5.30. The Bertz CT molecular complexity index is 1610. The van der Waals surface area contributed by atoms with Crippen LogP contribution in [0.3, 0.4) is 0 Å². The van der Waals surface area contributed by atoms with Crippen molar-refractivity contribution in [1.82, 2.24) is 26.3 Å². The Hall–Kier alpha value is -5.48. The SMILES string of the molecule is NCCCC[C@H](NC(=O)CNC(=O)[C@H](Cc1c[nH]c2ccccc12)NC(=O)[C@H](CCCN=C(N)N)NC(=O)[C@H](N)Cc1ccccc1)C(=O)O. The molecule has 50 heavy (non-hydrogen) atoms. The van der Waals surface area contributed by atoms with E-state index in [2.05, 4.69) is 31.2 Å². The van der Waals surface area contributed by atoms with Crippen molar-refractivity contribution in [3.63, 3.8) is 0 Å². The van der Waals surface area contributed by atoms with Crippen LogP contribution in [-0.2, 0) is 36.8 Å². The molecule has 0 radical (unpaired) electrons. The molecule has 0 spiro atoms. The van der Waals surface area contributed by atoms with E-state index in [0.717, 1.165) is 22.0 Å². The molecule has 0 aliphatic heterocycles. The first-order valence-corrected chi connectivity index (χ1v) is 16.5. The van der Waals surface area contributed by atoms with Crippen LogP contribution in [0.4, 0.5) is 0 Å². The molecular weight excluding hydrogens is 644 g/mol. The van der Waals surface area contributed by atoms with Crippen LogP contribution in [-0.4, -0.2) is 89.4 Å². The van der Waals surface area contributed by atoms with E-state index < -0.39 is 60.3 Å². The van der Waals surface area contributed by atoms with Crippen LogP contribution in [0, 0.1) is 0 Å². The molecule has 0 unspecified atom stereocenters. The molecule has 0 saturated carbocycles. The Balaban J connectivity index is 1.77. The van der Waals surface area contributed by atoms with Crippen molar-refractivity contribution in [1.29, 1.82) is 0 Å². The van der Waals surface area contributed by atoms with Crippen molar-refractivity contribution in [3.8, 4) is 0 Å². The Labute approximate surface area is 290 Å². The highest BCUT2D eigenvalue weighted by molar-refractivity contribution is 5.95. The van der Waals surface area contributed by atoms with E-state index in [1.807, 2.05) is 54.6 Å². The first-order valence-electron chi connectivity index (χ1n) is 16.5. The van der Waals surface area contributed by atoms with Crippen LogP contribution >= 0.6 is 0 Å². The van der Waals surface area contributed by atoms with Gasteiger partial charge < -0.3 is 54.3 Å². The van der Waals surface area contributed by atoms with Gasteiger partial charge in [0.15, 0.2) is 5.96 Å². The molecule has 4 atom stereocenters. The smallest absolute Gasteiger partial charge is 0.326 e. The first kappa shape index (κ1) is 39.0. The van der Waals surface area contributed by atoms with E-state index in [4.69, 9.17) is 22.9 Å². The number of H-pyrrole nitrogens is 1. The van der Waals surface area contributed by atoms with Gasteiger partial charge in [0, 0.05) is 30.1 Å². The van der Waals surface area contributed by atoms with E-state index in [0.29, 0.717) is 25.8 Å². The number of nitrogens with zero attached hydrogens (tertiary/aromatic N) is 1. The second-order valence-electron chi connectivity index (χ2n) is 11.9. The Kier molecular flexibility index (Phi) is 15.7. The molecule has 270 valence electrons. The van der Waals surface area contributed by atoms with Gasteiger partial charge in [0.25, 0.3) is 0 Å². The number of aliphatic carboxylic acids is 1. The van der Waals surface area contributed by atoms with Crippen molar-refractivity contribution >= 4 is 46.5 Å². The van der Waals surface area contributed by atoms with Gasteiger partial charge in [-0.15, -0.1) is 0 Å². The lowest BCUT2D eigenvalue weighted by molar-refractivity contribution is -0.142. The molecule has 14 N–H and O–H groups in total. The number of guanidine groups is 1. The van der Waals surface area contributed by atoms with Crippen LogP contribution in [0.1, 0.15) is 43.2 Å². The molecule has 3 aromatic rings. The maximum atomic E-state index is 13.8. The van der Waals surface area contributed by atoms with Gasteiger partial charge in [-0.1, -0.05) is 48.5 Å². The fraction of sp³-hybridized carbons (Fsp3) is 0.412. The number of carbonyl (C=O) groups is 5. The van der Waals surface area contributed by atoms with Crippen LogP contribution in [0.2, 0.25) is 0 Å². The van der Waals surface area contributed by atoms with E-state index in [1.54, 1.807) is 6.20 Å². The summed E-state index contributed by atoms with van der Waals surface area (Å²) in [6, 6.07) is 12.2. The first-order chi connectivity index (χ1) is 24.0. The standard InChI is InChI=1S/C34H48N10O6/c35-15-7-6-13-27(33(49)50)42-29(45)20-41-31(47)28(18-22-19-40-25-12-5-4-11-23(22)25)44-32(48)26(14-8-16-39-34(37)38)43-30(46)24(36)17-21-9-2-1-3-10-21/h1-5,9-12,19,24,26-28,40H,6-8,13-18,20,35-36H2,(H,41,47)(H,42,45)(H,43,46)(H,44,48)(H,49,50)(H4,37,38,39)/t24-,26+,27+,28+/m1/s1. The maximum absolute atomic E-state index is 13.8. The number of carboxylic acids is 1. The van der Waals surface area contributed by atoms with Gasteiger partial charge >= 0.3 is 5.97 Å². The number of nitrogens with two attached hydrogens (primary N) is 4. The Morgan fingerprint density at radius 3 is 2.16 bits per heavy atom. The lowest BCUT2D eigenvalue weighted by Crippen LogP contribution is -2.57. The molecule has 16 nitrogen and oxygen atoms in total. The number of hydrogen-bond donors (Lipinski definition) is 10. The van der Waals surface area contributed by atoms with Gasteiger partial charge in [-0.2, -0.15) is 0 Å². The zero-order chi connectivity index (χ0) is 36.5. The van der Waals surface area contributed by atoms with E-state index in [1.165, 1.54) is 0 Å². The average molecular weight is 693 g/mol. The summed E-state index contributed by atoms with van der Waals surface area (Å²) in [5, 5.41) is 20.7. The number of amides is 4. The highest BCUT2D eigenvalue weighted by atomic mass is 16.4. The van der Waals surface area contributed by atoms with Gasteiger partial charge in [-0.25, -0.2) is 4.79 Å². The molecule has 0 aliphatic rings. The van der Waals surface area contributed by atoms with Gasteiger partial charge in [0.05, 0.1) is 12.6 Å². The number of carboxylic acid groups (broad SMARTS) is 1. The number of para-hydroxylation sites is 1. The number of unbranched alkanes of at least 4 members (excludes halogenated alkanes) is 1. The minimum Gasteiger partial charge on any atom is -0.480 e. The van der Waals surface area contributed by atoms with Crippen LogP contribution in [0.25, 0.3) is 10.9 Å².